The molecule has 0 atom stereocenters. The molecular weight excluding hydrogens is 414 g/mol. The van der Waals surface area contributed by atoms with E-state index < -0.39 is 10.9 Å². The van der Waals surface area contributed by atoms with Gasteiger partial charge < -0.3 is 9.72 Å². The van der Waals surface area contributed by atoms with Gasteiger partial charge in [-0.1, -0.05) is 15.9 Å². The number of pyridine rings is 1. The van der Waals surface area contributed by atoms with E-state index in [0.717, 1.165) is 26.3 Å². The Bertz CT molecular complexity index is 1220. The number of H-pyrrole nitrogens is 1. The van der Waals surface area contributed by atoms with E-state index in [9.17, 15) is 14.9 Å². The maximum absolute atomic E-state index is 12.1. The minimum Gasteiger partial charge on any atom is -0.464 e. The fourth-order valence-corrected chi connectivity index (χ4v) is 3.39. The number of hydrogen-bond acceptors (Lipinski definition) is 5. The van der Waals surface area contributed by atoms with Crippen LogP contribution in [0.3, 0.4) is 0 Å². The lowest BCUT2D eigenvalue weighted by molar-refractivity contribution is -0.384. The van der Waals surface area contributed by atoms with Crippen LogP contribution in [0.4, 0.5) is 5.69 Å². The number of ether oxygens (including phenoxy) is 1. The second-order valence-corrected chi connectivity index (χ2v) is 6.80. The van der Waals surface area contributed by atoms with Gasteiger partial charge in [-0.3, -0.25) is 10.1 Å². The summed E-state index contributed by atoms with van der Waals surface area (Å²) in [6, 6.07) is 13.5. The highest BCUT2D eigenvalue weighted by Gasteiger charge is 2.18. The SMILES string of the molecule is COC(=O)c1cc2c([nH]c3ccc(Br)cc32)c(-c2ccc([N+](=O)[O-])cc2)n1. The first-order valence-corrected chi connectivity index (χ1v) is 8.72. The fraction of sp³-hybridized carbons (Fsp3) is 0.0526. The summed E-state index contributed by atoms with van der Waals surface area (Å²) in [5, 5.41) is 12.7. The molecule has 0 saturated heterocycles. The van der Waals surface area contributed by atoms with Crippen molar-refractivity contribution < 1.29 is 14.5 Å². The van der Waals surface area contributed by atoms with Gasteiger partial charge in [0, 0.05) is 38.5 Å². The number of aromatic nitrogens is 2. The minimum absolute atomic E-state index is 0.0142. The second-order valence-electron chi connectivity index (χ2n) is 5.89. The highest BCUT2D eigenvalue weighted by Crippen LogP contribution is 2.34. The zero-order valence-electron chi connectivity index (χ0n) is 14.0. The van der Waals surface area contributed by atoms with E-state index >= 15 is 0 Å². The quantitative estimate of drug-likeness (QED) is 0.287. The van der Waals surface area contributed by atoms with E-state index in [-0.39, 0.29) is 11.4 Å². The predicted octanol–water partition coefficient (Wildman–Crippen LogP) is 4.84. The third kappa shape index (κ3) is 2.93. The van der Waals surface area contributed by atoms with Crippen molar-refractivity contribution in [2.24, 2.45) is 0 Å². The number of rotatable bonds is 3. The number of nitrogens with one attached hydrogen (secondary N) is 1. The van der Waals surface area contributed by atoms with E-state index in [0.29, 0.717) is 11.3 Å². The number of aromatic amines is 1. The van der Waals surface area contributed by atoms with Crippen molar-refractivity contribution >= 4 is 49.4 Å². The number of hydrogen-bond donors (Lipinski definition) is 1. The molecule has 0 unspecified atom stereocenters. The third-order valence-electron chi connectivity index (χ3n) is 4.30. The van der Waals surface area contributed by atoms with Crippen molar-refractivity contribution in [2.45, 2.75) is 0 Å². The van der Waals surface area contributed by atoms with Gasteiger partial charge in [0.2, 0.25) is 0 Å². The summed E-state index contributed by atoms with van der Waals surface area (Å²) >= 11 is 3.46. The van der Waals surface area contributed by atoms with E-state index in [1.165, 1.54) is 19.2 Å². The van der Waals surface area contributed by atoms with Gasteiger partial charge in [0.1, 0.15) is 5.69 Å². The molecule has 4 aromatic rings. The molecule has 0 aliphatic rings. The molecule has 0 aliphatic carbocycles. The molecule has 134 valence electrons. The normalized spacial score (nSPS) is 11.0. The van der Waals surface area contributed by atoms with Gasteiger partial charge in [0.05, 0.1) is 23.2 Å². The summed E-state index contributed by atoms with van der Waals surface area (Å²) in [6.07, 6.45) is 0. The molecule has 0 saturated carbocycles. The number of fused-ring (bicyclic) bond motifs is 3. The van der Waals surface area contributed by atoms with Crippen LogP contribution in [0.15, 0.2) is 53.0 Å². The number of carbonyl (C=O) groups is 1. The lowest BCUT2D eigenvalue weighted by Gasteiger charge is -2.06. The Hall–Kier alpha value is -3.26. The van der Waals surface area contributed by atoms with E-state index in [4.69, 9.17) is 4.74 Å². The van der Waals surface area contributed by atoms with Crippen molar-refractivity contribution in [3.8, 4) is 11.3 Å². The monoisotopic (exact) mass is 425 g/mol. The Kier molecular flexibility index (Phi) is 4.12. The number of esters is 1. The van der Waals surface area contributed by atoms with Gasteiger partial charge in [0.15, 0.2) is 0 Å². The second kappa shape index (κ2) is 6.48. The van der Waals surface area contributed by atoms with Gasteiger partial charge >= 0.3 is 5.97 Å². The Balaban J connectivity index is 2.04. The van der Waals surface area contributed by atoms with Crippen LogP contribution >= 0.6 is 15.9 Å². The van der Waals surface area contributed by atoms with E-state index in [1.54, 1.807) is 18.2 Å². The smallest absolute Gasteiger partial charge is 0.356 e. The number of carbonyl (C=O) groups excluding carboxylic acids is 1. The van der Waals surface area contributed by atoms with Gasteiger partial charge in [-0.05, 0) is 36.4 Å². The van der Waals surface area contributed by atoms with Gasteiger partial charge in [-0.2, -0.15) is 0 Å². The standard InChI is InChI=1S/C19H12BrN3O4/c1-27-19(24)16-9-14-13-8-11(20)4-7-15(13)21-18(14)17(22-16)10-2-5-12(6-3-10)23(25)26/h2-9,21H,1H3. The number of nitro groups is 1. The lowest BCUT2D eigenvalue weighted by Crippen LogP contribution is -2.05. The summed E-state index contributed by atoms with van der Waals surface area (Å²) in [5.41, 5.74) is 2.96. The molecule has 4 rings (SSSR count). The van der Waals surface area contributed by atoms with Crippen LogP contribution in [0.2, 0.25) is 0 Å². The molecule has 0 bridgehead atoms. The number of nitrogens with zero attached hydrogens (tertiary/aromatic N) is 2. The Morgan fingerprint density at radius 1 is 1.15 bits per heavy atom. The van der Waals surface area contributed by atoms with Crippen LogP contribution in [0.25, 0.3) is 33.1 Å². The summed E-state index contributed by atoms with van der Waals surface area (Å²) in [7, 11) is 1.30. The van der Waals surface area contributed by atoms with Gasteiger partial charge in [-0.15, -0.1) is 0 Å². The average molecular weight is 426 g/mol. The molecule has 2 heterocycles. The van der Waals surface area contributed by atoms with Crippen molar-refractivity contribution in [3.05, 3.63) is 68.8 Å². The van der Waals surface area contributed by atoms with Crippen LogP contribution in [0, 0.1) is 10.1 Å². The summed E-state index contributed by atoms with van der Waals surface area (Å²) < 4.78 is 5.74. The van der Waals surface area contributed by atoms with Crippen molar-refractivity contribution in [1.29, 1.82) is 0 Å². The Labute approximate surface area is 161 Å². The maximum atomic E-state index is 12.1. The van der Waals surface area contributed by atoms with Crippen molar-refractivity contribution in [3.63, 3.8) is 0 Å². The molecule has 0 amide bonds. The number of halogens is 1. The number of non-ortho nitro benzene ring substituents is 1. The van der Waals surface area contributed by atoms with Crippen LogP contribution in [-0.2, 0) is 4.74 Å². The Morgan fingerprint density at radius 3 is 2.56 bits per heavy atom. The van der Waals surface area contributed by atoms with Crippen molar-refractivity contribution in [1.82, 2.24) is 9.97 Å². The lowest BCUT2D eigenvalue weighted by atomic mass is 10.1. The van der Waals surface area contributed by atoms with Crippen molar-refractivity contribution in [2.75, 3.05) is 7.11 Å². The zero-order chi connectivity index (χ0) is 19.1. The minimum atomic E-state index is -0.551. The van der Waals surface area contributed by atoms with E-state index in [2.05, 4.69) is 25.9 Å². The van der Waals surface area contributed by atoms with Crippen LogP contribution < -0.4 is 0 Å². The van der Waals surface area contributed by atoms with Gasteiger partial charge in [-0.25, -0.2) is 9.78 Å². The average Bonchev–Trinajstić information content (AvgIpc) is 3.04. The molecule has 2 aromatic heterocycles. The van der Waals surface area contributed by atoms with Crippen LogP contribution in [-0.4, -0.2) is 28.0 Å². The fourth-order valence-electron chi connectivity index (χ4n) is 3.03. The molecule has 7 nitrogen and oxygen atoms in total. The first-order chi connectivity index (χ1) is 13.0. The predicted molar refractivity (Wildman–Crippen MR) is 105 cm³/mol. The molecule has 0 fully saturated rings. The highest BCUT2D eigenvalue weighted by atomic mass is 79.9. The first kappa shape index (κ1) is 17.2. The first-order valence-electron chi connectivity index (χ1n) is 7.93. The third-order valence-corrected chi connectivity index (χ3v) is 4.79. The molecule has 0 aliphatic heterocycles. The molecule has 0 spiro atoms. The summed E-state index contributed by atoms with van der Waals surface area (Å²) in [6.45, 7) is 0. The summed E-state index contributed by atoms with van der Waals surface area (Å²) in [4.78, 5) is 30.3. The largest absolute Gasteiger partial charge is 0.464 e. The van der Waals surface area contributed by atoms with Crippen LogP contribution in [0.1, 0.15) is 10.5 Å². The van der Waals surface area contributed by atoms with Gasteiger partial charge in [0.25, 0.3) is 5.69 Å². The summed E-state index contributed by atoms with van der Waals surface area (Å²) in [5.74, 6) is -0.551. The molecule has 0 radical (unpaired) electrons. The number of nitro benzene ring substituents is 1. The van der Waals surface area contributed by atoms with Crippen LogP contribution in [0.5, 0.6) is 0 Å². The molecule has 27 heavy (non-hydrogen) atoms. The number of benzene rings is 2. The molecule has 1 N–H and O–H groups in total. The highest BCUT2D eigenvalue weighted by molar-refractivity contribution is 9.10. The zero-order valence-corrected chi connectivity index (χ0v) is 15.6. The topological polar surface area (TPSA) is 98.1 Å². The maximum Gasteiger partial charge on any atom is 0.356 e. The molecular formula is C19H12BrN3O4. The Morgan fingerprint density at radius 2 is 1.89 bits per heavy atom. The number of methoxy groups -OCH3 is 1. The van der Waals surface area contributed by atoms with E-state index in [1.807, 2.05) is 18.2 Å². The molecule has 8 heteroatoms. The molecule has 2 aromatic carbocycles.